The van der Waals surface area contributed by atoms with E-state index in [0.29, 0.717) is 0 Å². The summed E-state index contributed by atoms with van der Waals surface area (Å²) in [5.41, 5.74) is -3.31. The number of rotatable bonds is 2. The molecule has 7 nitrogen and oxygen atoms in total. The maximum absolute atomic E-state index is 11.6. The topological polar surface area (TPSA) is 116 Å². The Morgan fingerprint density at radius 3 is 2.88 bits per heavy atom. The van der Waals surface area contributed by atoms with Crippen molar-refractivity contribution >= 4 is 11.8 Å². The second kappa shape index (κ2) is 4.30. The number of nitrogens with one attached hydrogen (secondary N) is 1. The average Bonchev–Trinajstić information content (AvgIpc) is 2.56. The summed E-state index contributed by atoms with van der Waals surface area (Å²) in [6, 6.07) is 1.07. The Bertz CT molecular complexity index is 527. The Labute approximate surface area is 99.7 Å². The molecule has 2 rings (SSSR count). The van der Waals surface area contributed by atoms with Crippen LogP contribution < -0.4 is 11.2 Å². The van der Waals surface area contributed by atoms with Crippen LogP contribution in [-0.2, 0) is 5.72 Å². The highest BCUT2D eigenvalue weighted by Gasteiger charge is 2.51. The number of hydrogen-bond acceptors (Lipinski definition) is 6. The maximum atomic E-state index is 11.6. The molecule has 0 unspecified atom stereocenters. The number of aliphatic hydroxyl groups is 3. The molecule has 0 amide bonds. The summed E-state index contributed by atoms with van der Waals surface area (Å²) < 4.78 is 0.847. The Balaban J connectivity index is 2.56. The van der Waals surface area contributed by atoms with Crippen LogP contribution in [0, 0.1) is 0 Å². The van der Waals surface area contributed by atoms with Crippen molar-refractivity contribution in [2.45, 2.75) is 17.1 Å². The van der Waals surface area contributed by atoms with E-state index in [9.17, 15) is 19.8 Å². The van der Waals surface area contributed by atoms with Crippen LogP contribution >= 0.6 is 11.8 Å². The number of thioether (sulfide) groups is 1. The number of H-pyrrole nitrogens is 1. The predicted octanol–water partition coefficient (Wildman–Crippen LogP) is -2.35. The molecule has 1 aromatic heterocycles. The van der Waals surface area contributed by atoms with Crippen molar-refractivity contribution in [1.29, 1.82) is 0 Å². The summed E-state index contributed by atoms with van der Waals surface area (Å²) in [5, 5.41) is 28.6. The van der Waals surface area contributed by atoms with Crippen molar-refractivity contribution in [3.05, 3.63) is 33.1 Å². The quantitative estimate of drug-likeness (QED) is 0.473. The van der Waals surface area contributed by atoms with E-state index in [4.69, 9.17) is 5.11 Å². The molecule has 0 spiro atoms. The molecule has 1 aliphatic heterocycles. The Morgan fingerprint density at radius 2 is 2.29 bits per heavy atom. The number of aromatic amines is 1. The third-order valence-electron chi connectivity index (χ3n) is 2.80. The fourth-order valence-electron chi connectivity index (χ4n) is 1.87. The molecular weight excluding hydrogens is 248 g/mol. The Kier molecular flexibility index (Phi) is 3.13. The molecule has 0 bridgehead atoms. The lowest BCUT2D eigenvalue weighted by Gasteiger charge is -2.32. The van der Waals surface area contributed by atoms with Crippen LogP contribution in [0.2, 0.25) is 0 Å². The van der Waals surface area contributed by atoms with E-state index < -0.39 is 28.3 Å². The Morgan fingerprint density at radius 1 is 1.59 bits per heavy atom. The zero-order valence-electron chi connectivity index (χ0n) is 8.74. The van der Waals surface area contributed by atoms with Crippen molar-refractivity contribution in [3.63, 3.8) is 0 Å². The first-order chi connectivity index (χ1) is 8.00. The Hall–Kier alpha value is -1.09. The molecule has 1 aliphatic rings. The minimum atomic E-state index is -1.90. The maximum Gasteiger partial charge on any atom is 0.330 e. The SMILES string of the molecule is O=c1ccn([C@@]2(O)[C@H](O)CS[C@H]2CO)c(=O)[nH]1. The van der Waals surface area contributed by atoms with E-state index in [1.807, 2.05) is 4.98 Å². The minimum absolute atomic E-state index is 0.202. The van der Waals surface area contributed by atoms with Gasteiger partial charge in [0.05, 0.1) is 11.9 Å². The predicted molar refractivity (Wildman–Crippen MR) is 60.9 cm³/mol. The summed E-state index contributed by atoms with van der Waals surface area (Å²) in [6.45, 7) is -0.385. The fourth-order valence-corrected chi connectivity index (χ4v) is 3.15. The molecule has 17 heavy (non-hydrogen) atoms. The lowest BCUT2D eigenvalue weighted by molar-refractivity contribution is -0.127. The van der Waals surface area contributed by atoms with Crippen molar-refractivity contribution < 1.29 is 15.3 Å². The van der Waals surface area contributed by atoms with Gasteiger partial charge in [-0.15, -0.1) is 11.8 Å². The molecular formula is C9H12N2O5S. The van der Waals surface area contributed by atoms with E-state index in [2.05, 4.69) is 0 Å². The van der Waals surface area contributed by atoms with Gasteiger partial charge in [0.1, 0.15) is 6.10 Å². The van der Waals surface area contributed by atoms with Crippen LogP contribution in [0.5, 0.6) is 0 Å². The van der Waals surface area contributed by atoms with E-state index in [-0.39, 0.29) is 12.4 Å². The number of aromatic nitrogens is 2. The summed E-state index contributed by atoms with van der Waals surface area (Å²) in [4.78, 5) is 24.5. The first-order valence-electron chi connectivity index (χ1n) is 4.95. The molecule has 0 radical (unpaired) electrons. The molecule has 3 atom stereocenters. The highest BCUT2D eigenvalue weighted by atomic mass is 32.2. The molecule has 4 N–H and O–H groups in total. The molecule has 1 fully saturated rings. The average molecular weight is 260 g/mol. The molecule has 1 aromatic rings. The van der Waals surface area contributed by atoms with Crippen molar-refractivity contribution in [2.24, 2.45) is 0 Å². The third-order valence-corrected chi connectivity index (χ3v) is 4.20. The zero-order chi connectivity index (χ0) is 12.6. The number of aliphatic hydroxyl groups excluding tert-OH is 2. The van der Waals surface area contributed by atoms with E-state index in [0.717, 1.165) is 28.6 Å². The molecule has 0 saturated carbocycles. The van der Waals surface area contributed by atoms with E-state index in [1.165, 1.54) is 0 Å². The second-order valence-corrected chi connectivity index (χ2v) is 5.02. The van der Waals surface area contributed by atoms with Gasteiger partial charge in [0.15, 0.2) is 5.72 Å². The fraction of sp³-hybridized carbons (Fsp3) is 0.556. The highest BCUT2D eigenvalue weighted by molar-refractivity contribution is 8.00. The first kappa shape index (κ1) is 12.4. The molecule has 0 aliphatic carbocycles. The summed E-state index contributed by atoms with van der Waals surface area (Å²) in [7, 11) is 0. The molecule has 94 valence electrons. The molecule has 0 aromatic carbocycles. The largest absolute Gasteiger partial charge is 0.395 e. The van der Waals surface area contributed by atoms with Crippen LogP contribution in [0.25, 0.3) is 0 Å². The third kappa shape index (κ3) is 1.82. The van der Waals surface area contributed by atoms with Crippen LogP contribution in [0.15, 0.2) is 21.9 Å². The van der Waals surface area contributed by atoms with Gasteiger partial charge in [0, 0.05) is 18.0 Å². The van der Waals surface area contributed by atoms with Crippen molar-refractivity contribution in [3.8, 4) is 0 Å². The van der Waals surface area contributed by atoms with Gasteiger partial charge in [-0.25, -0.2) is 4.79 Å². The lowest BCUT2D eigenvalue weighted by Crippen LogP contribution is -2.55. The molecule has 8 heteroatoms. The standard InChI is InChI=1S/C9H12N2O5S/c12-3-6-9(16,5(13)4-17-6)11-2-1-7(14)10-8(11)15/h1-2,5-6,12-13,16H,3-4H2,(H,10,14,15)/t5-,6+,9-/m1/s1. The highest BCUT2D eigenvalue weighted by Crippen LogP contribution is 2.38. The minimum Gasteiger partial charge on any atom is -0.395 e. The van der Waals surface area contributed by atoms with Crippen LogP contribution in [0.4, 0.5) is 0 Å². The monoisotopic (exact) mass is 260 g/mol. The van der Waals surface area contributed by atoms with E-state index in [1.54, 1.807) is 0 Å². The van der Waals surface area contributed by atoms with Crippen LogP contribution in [0.1, 0.15) is 0 Å². The van der Waals surface area contributed by atoms with Gasteiger partial charge in [-0.2, -0.15) is 0 Å². The van der Waals surface area contributed by atoms with Gasteiger partial charge >= 0.3 is 5.69 Å². The van der Waals surface area contributed by atoms with Crippen LogP contribution in [-0.4, -0.2) is 48.6 Å². The lowest BCUT2D eigenvalue weighted by atomic mass is 10.0. The zero-order valence-corrected chi connectivity index (χ0v) is 9.55. The summed E-state index contributed by atoms with van der Waals surface area (Å²) >= 11 is 1.16. The van der Waals surface area contributed by atoms with Gasteiger partial charge in [-0.3, -0.25) is 14.3 Å². The molecule has 2 heterocycles. The summed E-state index contributed by atoms with van der Waals surface area (Å²) in [5.74, 6) is 0.202. The normalized spacial score (nSPS) is 32.9. The first-order valence-corrected chi connectivity index (χ1v) is 6.00. The van der Waals surface area contributed by atoms with Crippen molar-refractivity contribution in [1.82, 2.24) is 9.55 Å². The smallest absolute Gasteiger partial charge is 0.330 e. The number of hydrogen-bond donors (Lipinski definition) is 4. The van der Waals surface area contributed by atoms with Gasteiger partial charge in [0.25, 0.3) is 5.56 Å². The molecule has 1 saturated heterocycles. The van der Waals surface area contributed by atoms with Gasteiger partial charge in [-0.1, -0.05) is 0 Å². The van der Waals surface area contributed by atoms with Gasteiger partial charge in [-0.05, 0) is 0 Å². The second-order valence-electron chi connectivity index (χ2n) is 3.78. The van der Waals surface area contributed by atoms with Gasteiger partial charge in [0.2, 0.25) is 0 Å². The van der Waals surface area contributed by atoms with Crippen molar-refractivity contribution in [2.75, 3.05) is 12.4 Å². The number of nitrogens with zero attached hydrogens (tertiary/aromatic N) is 1. The van der Waals surface area contributed by atoms with Crippen LogP contribution in [0.3, 0.4) is 0 Å². The summed E-state index contributed by atoms with van der Waals surface area (Å²) in [6.07, 6.45) is -0.0768. The van der Waals surface area contributed by atoms with E-state index >= 15 is 0 Å². The van der Waals surface area contributed by atoms with Gasteiger partial charge < -0.3 is 15.3 Å².